The second kappa shape index (κ2) is 4.46. The van der Waals surface area contributed by atoms with Crippen LogP contribution in [-0.2, 0) is 4.79 Å². The van der Waals surface area contributed by atoms with E-state index in [1.165, 1.54) is 6.42 Å². The van der Waals surface area contributed by atoms with Crippen molar-refractivity contribution in [3.05, 3.63) is 0 Å². The minimum atomic E-state index is 0.305. The van der Waals surface area contributed by atoms with Gasteiger partial charge in [0, 0.05) is 12.3 Å². The lowest BCUT2D eigenvalue weighted by Gasteiger charge is -2.18. The SMILES string of the molecule is CC1CCC(C(=O)CCC(C)(C)C)C1. The monoisotopic (exact) mass is 196 g/mol. The zero-order valence-corrected chi connectivity index (χ0v) is 10.1. The zero-order valence-electron chi connectivity index (χ0n) is 10.1. The van der Waals surface area contributed by atoms with Crippen LogP contribution in [-0.4, -0.2) is 5.78 Å². The Morgan fingerprint density at radius 2 is 1.93 bits per heavy atom. The molecule has 14 heavy (non-hydrogen) atoms. The minimum Gasteiger partial charge on any atom is -0.299 e. The van der Waals surface area contributed by atoms with Gasteiger partial charge in [0.15, 0.2) is 0 Å². The molecule has 0 N–H and O–H groups in total. The van der Waals surface area contributed by atoms with Gasteiger partial charge in [-0.15, -0.1) is 0 Å². The lowest BCUT2D eigenvalue weighted by atomic mass is 9.87. The van der Waals surface area contributed by atoms with Gasteiger partial charge in [-0.3, -0.25) is 4.79 Å². The van der Waals surface area contributed by atoms with Crippen molar-refractivity contribution in [3.8, 4) is 0 Å². The molecule has 0 aromatic heterocycles. The highest BCUT2D eigenvalue weighted by atomic mass is 16.1. The average molecular weight is 196 g/mol. The van der Waals surface area contributed by atoms with Crippen LogP contribution in [0, 0.1) is 17.3 Å². The van der Waals surface area contributed by atoms with E-state index in [1.807, 2.05) is 0 Å². The summed E-state index contributed by atoms with van der Waals surface area (Å²) in [6.45, 7) is 8.88. The van der Waals surface area contributed by atoms with Crippen molar-refractivity contribution in [1.82, 2.24) is 0 Å². The Labute approximate surface area is 88.3 Å². The molecule has 2 atom stereocenters. The van der Waals surface area contributed by atoms with Crippen LogP contribution in [0.4, 0.5) is 0 Å². The molecule has 0 amide bonds. The van der Waals surface area contributed by atoms with Gasteiger partial charge in [-0.1, -0.05) is 27.7 Å². The molecule has 0 radical (unpaired) electrons. The third-order valence-corrected chi connectivity index (χ3v) is 3.27. The summed E-state index contributed by atoms with van der Waals surface area (Å²) in [5, 5.41) is 0. The van der Waals surface area contributed by atoms with Crippen molar-refractivity contribution in [1.29, 1.82) is 0 Å². The normalized spacial score (nSPS) is 28.0. The first-order valence-corrected chi connectivity index (χ1v) is 5.91. The molecule has 0 spiro atoms. The third kappa shape index (κ3) is 3.81. The Morgan fingerprint density at radius 3 is 2.36 bits per heavy atom. The lowest BCUT2D eigenvalue weighted by molar-refractivity contribution is -0.123. The summed E-state index contributed by atoms with van der Waals surface area (Å²) < 4.78 is 0. The summed E-state index contributed by atoms with van der Waals surface area (Å²) in [6, 6.07) is 0. The highest BCUT2D eigenvalue weighted by Gasteiger charge is 2.27. The molecule has 1 aliphatic rings. The van der Waals surface area contributed by atoms with Crippen LogP contribution < -0.4 is 0 Å². The number of carbonyl (C=O) groups is 1. The molecule has 1 heteroatoms. The van der Waals surface area contributed by atoms with Gasteiger partial charge in [-0.05, 0) is 37.0 Å². The summed E-state index contributed by atoms with van der Waals surface area (Å²) in [5.41, 5.74) is 0.305. The fourth-order valence-electron chi connectivity index (χ4n) is 2.20. The van der Waals surface area contributed by atoms with Gasteiger partial charge in [0.25, 0.3) is 0 Å². The van der Waals surface area contributed by atoms with E-state index < -0.39 is 0 Å². The number of ketones is 1. The number of Topliss-reactive ketones (excluding diaryl/α,β-unsaturated/α-hetero) is 1. The average Bonchev–Trinajstić information content (AvgIpc) is 2.46. The van der Waals surface area contributed by atoms with Gasteiger partial charge in [-0.25, -0.2) is 0 Å². The second-order valence-corrected chi connectivity index (χ2v) is 6.14. The topological polar surface area (TPSA) is 17.1 Å². The predicted molar refractivity (Wildman–Crippen MR) is 60.2 cm³/mol. The van der Waals surface area contributed by atoms with E-state index in [4.69, 9.17) is 0 Å². The van der Waals surface area contributed by atoms with Gasteiger partial charge in [-0.2, -0.15) is 0 Å². The molecular weight excluding hydrogens is 172 g/mol. The van der Waals surface area contributed by atoms with Crippen LogP contribution in [0.5, 0.6) is 0 Å². The first kappa shape index (κ1) is 11.7. The molecule has 1 nitrogen and oxygen atoms in total. The van der Waals surface area contributed by atoms with E-state index in [9.17, 15) is 4.79 Å². The number of carbonyl (C=O) groups excluding carboxylic acids is 1. The van der Waals surface area contributed by atoms with Crippen LogP contribution in [0.3, 0.4) is 0 Å². The highest BCUT2D eigenvalue weighted by molar-refractivity contribution is 5.81. The Hall–Kier alpha value is -0.330. The molecule has 1 saturated carbocycles. The van der Waals surface area contributed by atoms with E-state index in [-0.39, 0.29) is 0 Å². The van der Waals surface area contributed by atoms with E-state index >= 15 is 0 Å². The van der Waals surface area contributed by atoms with Gasteiger partial charge in [0.05, 0.1) is 0 Å². The lowest BCUT2D eigenvalue weighted by Crippen LogP contribution is -2.15. The van der Waals surface area contributed by atoms with Gasteiger partial charge in [0.1, 0.15) is 5.78 Å². The molecular formula is C13H24O. The first-order valence-electron chi connectivity index (χ1n) is 5.91. The van der Waals surface area contributed by atoms with Crippen molar-refractivity contribution < 1.29 is 4.79 Å². The Kier molecular flexibility index (Phi) is 3.74. The molecule has 0 aromatic carbocycles. The number of hydrogen-bond donors (Lipinski definition) is 0. The van der Waals surface area contributed by atoms with Gasteiger partial charge >= 0.3 is 0 Å². The zero-order chi connectivity index (χ0) is 10.8. The molecule has 1 aliphatic carbocycles. The number of rotatable bonds is 3. The van der Waals surface area contributed by atoms with Crippen LogP contribution in [0.2, 0.25) is 0 Å². The van der Waals surface area contributed by atoms with Crippen molar-refractivity contribution in [2.45, 2.75) is 59.8 Å². The Bertz CT molecular complexity index is 200. The highest BCUT2D eigenvalue weighted by Crippen LogP contribution is 2.33. The molecule has 82 valence electrons. The maximum Gasteiger partial charge on any atom is 0.136 e. The Balaban J connectivity index is 2.29. The van der Waals surface area contributed by atoms with E-state index in [2.05, 4.69) is 27.7 Å². The maximum absolute atomic E-state index is 11.8. The van der Waals surface area contributed by atoms with Crippen LogP contribution in [0.1, 0.15) is 59.8 Å². The minimum absolute atomic E-state index is 0.305. The molecule has 1 fully saturated rings. The van der Waals surface area contributed by atoms with Crippen LogP contribution >= 0.6 is 0 Å². The molecule has 1 rings (SSSR count). The summed E-state index contributed by atoms with van der Waals surface area (Å²) in [6.07, 6.45) is 5.37. The first-order chi connectivity index (χ1) is 6.38. The standard InChI is InChI=1S/C13H24O/c1-10-5-6-11(9-10)12(14)7-8-13(2,3)4/h10-11H,5-9H2,1-4H3. The smallest absolute Gasteiger partial charge is 0.136 e. The Morgan fingerprint density at radius 1 is 1.29 bits per heavy atom. The van der Waals surface area contributed by atoms with Crippen LogP contribution in [0.25, 0.3) is 0 Å². The van der Waals surface area contributed by atoms with E-state index in [1.54, 1.807) is 0 Å². The molecule has 0 aliphatic heterocycles. The van der Waals surface area contributed by atoms with E-state index in [0.29, 0.717) is 17.1 Å². The fourth-order valence-corrected chi connectivity index (χ4v) is 2.20. The van der Waals surface area contributed by atoms with Crippen molar-refractivity contribution in [2.24, 2.45) is 17.3 Å². The molecule has 0 aromatic rings. The quantitative estimate of drug-likeness (QED) is 0.670. The van der Waals surface area contributed by atoms with Gasteiger partial charge in [0.2, 0.25) is 0 Å². The maximum atomic E-state index is 11.8. The van der Waals surface area contributed by atoms with Crippen molar-refractivity contribution in [2.75, 3.05) is 0 Å². The molecule has 0 bridgehead atoms. The summed E-state index contributed by atoms with van der Waals surface area (Å²) in [7, 11) is 0. The third-order valence-electron chi connectivity index (χ3n) is 3.27. The second-order valence-electron chi connectivity index (χ2n) is 6.14. The van der Waals surface area contributed by atoms with Crippen molar-refractivity contribution >= 4 is 5.78 Å². The summed E-state index contributed by atoms with van der Waals surface area (Å²) >= 11 is 0. The summed E-state index contributed by atoms with van der Waals surface area (Å²) in [4.78, 5) is 11.8. The molecule has 0 saturated heterocycles. The number of hydrogen-bond acceptors (Lipinski definition) is 1. The van der Waals surface area contributed by atoms with Crippen molar-refractivity contribution in [3.63, 3.8) is 0 Å². The summed E-state index contributed by atoms with van der Waals surface area (Å²) in [5.74, 6) is 1.69. The fraction of sp³-hybridized carbons (Fsp3) is 0.923. The van der Waals surface area contributed by atoms with Crippen LogP contribution in [0.15, 0.2) is 0 Å². The van der Waals surface area contributed by atoms with E-state index in [0.717, 1.165) is 31.6 Å². The predicted octanol–water partition coefficient (Wildman–Crippen LogP) is 3.82. The molecule has 2 unspecified atom stereocenters. The van der Waals surface area contributed by atoms with Gasteiger partial charge < -0.3 is 0 Å². The molecule has 0 heterocycles. The largest absolute Gasteiger partial charge is 0.299 e.